The minimum Gasteiger partial charge on any atom is -0.385 e. The number of morpholine rings is 1. The van der Waals surface area contributed by atoms with Crippen LogP contribution in [0.3, 0.4) is 0 Å². The van der Waals surface area contributed by atoms with E-state index < -0.39 is 6.10 Å². The Morgan fingerprint density at radius 1 is 1.22 bits per heavy atom. The maximum Gasteiger partial charge on any atom is 0.178 e. The molecule has 9 nitrogen and oxygen atoms in total. The van der Waals surface area contributed by atoms with Gasteiger partial charge in [-0.3, -0.25) is 5.10 Å². The Labute approximate surface area is 156 Å². The Balaban J connectivity index is 1.61. The molecule has 0 spiro atoms. The average molecular weight is 369 g/mol. The zero-order chi connectivity index (χ0) is 18.8. The number of aliphatic hydroxyl groups excluding tert-OH is 1. The number of rotatable bonds is 5. The second-order valence-corrected chi connectivity index (χ2v) is 6.64. The Hall–Kier alpha value is -2.78. The molecule has 142 valence electrons. The van der Waals surface area contributed by atoms with E-state index in [1.165, 1.54) is 0 Å². The van der Waals surface area contributed by atoms with Gasteiger partial charge in [0.25, 0.3) is 0 Å². The van der Waals surface area contributed by atoms with E-state index in [0.29, 0.717) is 11.6 Å². The number of aliphatic hydroxyl groups is 1. The van der Waals surface area contributed by atoms with Crippen LogP contribution in [0.5, 0.6) is 0 Å². The number of aromatic nitrogens is 5. The number of ether oxygens (including phenoxy) is 1. The lowest BCUT2D eigenvalue weighted by Gasteiger charge is -2.29. The van der Waals surface area contributed by atoms with Gasteiger partial charge in [0.2, 0.25) is 0 Å². The van der Waals surface area contributed by atoms with Gasteiger partial charge in [-0.2, -0.15) is 5.10 Å². The second kappa shape index (κ2) is 7.45. The van der Waals surface area contributed by atoms with Crippen molar-refractivity contribution in [1.29, 1.82) is 0 Å². The fraction of sp³-hybridized carbons (Fsp3) is 0.444. The molecule has 3 aromatic rings. The largest absolute Gasteiger partial charge is 0.385 e. The van der Waals surface area contributed by atoms with Gasteiger partial charge in [0, 0.05) is 24.2 Å². The van der Waals surface area contributed by atoms with E-state index in [0.717, 1.165) is 48.7 Å². The third kappa shape index (κ3) is 3.69. The summed E-state index contributed by atoms with van der Waals surface area (Å²) in [5.74, 6) is 1.75. The average Bonchev–Trinajstić information content (AvgIpc) is 3.19. The van der Waals surface area contributed by atoms with Crippen molar-refractivity contribution < 1.29 is 9.84 Å². The fourth-order valence-electron chi connectivity index (χ4n) is 3.12. The minimum absolute atomic E-state index is 0.157. The maximum atomic E-state index is 9.60. The van der Waals surface area contributed by atoms with E-state index in [2.05, 4.69) is 47.5 Å². The topological polar surface area (TPSA) is 112 Å². The molecular weight excluding hydrogens is 346 g/mol. The van der Waals surface area contributed by atoms with Crippen LogP contribution in [0.1, 0.15) is 37.6 Å². The maximum absolute atomic E-state index is 9.60. The standard InChI is InChI=1S/C18H23N7O2/c1-11(16-22-17(12(2)26)24-23-16)21-18-14-9-13(25-5-7-27-8-6-25)3-4-15(14)19-10-20-18/h3-4,9-12,26H,5-8H2,1-2H3,(H,19,20,21)(H,22,23,24). The Morgan fingerprint density at radius 3 is 2.78 bits per heavy atom. The summed E-state index contributed by atoms with van der Waals surface area (Å²) in [6.07, 6.45) is 0.839. The Bertz CT molecular complexity index is 921. The summed E-state index contributed by atoms with van der Waals surface area (Å²) in [5.41, 5.74) is 2.01. The molecule has 0 radical (unpaired) electrons. The van der Waals surface area contributed by atoms with Gasteiger partial charge in [0.1, 0.15) is 24.1 Å². The van der Waals surface area contributed by atoms with Crippen LogP contribution in [0.25, 0.3) is 10.9 Å². The van der Waals surface area contributed by atoms with Crippen molar-refractivity contribution >= 4 is 22.4 Å². The van der Waals surface area contributed by atoms with Crippen LogP contribution in [-0.2, 0) is 4.74 Å². The quantitative estimate of drug-likeness (QED) is 0.624. The van der Waals surface area contributed by atoms with Gasteiger partial charge in [-0.1, -0.05) is 0 Å². The van der Waals surface area contributed by atoms with Crippen LogP contribution in [0.15, 0.2) is 24.5 Å². The second-order valence-electron chi connectivity index (χ2n) is 6.64. The molecule has 0 bridgehead atoms. The highest BCUT2D eigenvalue weighted by Gasteiger charge is 2.17. The predicted octanol–water partition coefficient (Wildman–Crippen LogP) is 1.81. The van der Waals surface area contributed by atoms with Crippen LogP contribution >= 0.6 is 0 Å². The fourth-order valence-corrected chi connectivity index (χ4v) is 3.12. The smallest absolute Gasteiger partial charge is 0.178 e. The SMILES string of the molecule is CC(O)c1n[nH]c(C(C)Nc2ncnc3ccc(N4CCOCC4)cc23)n1. The molecule has 3 heterocycles. The lowest BCUT2D eigenvalue weighted by atomic mass is 10.1. The number of anilines is 2. The summed E-state index contributed by atoms with van der Waals surface area (Å²) in [7, 11) is 0. The van der Waals surface area contributed by atoms with Crippen LogP contribution in [0.2, 0.25) is 0 Å². The number of H-pyrrole nitrogens is 1. The summed E-state index contributed by atoms with van der Waals surface area (Å²) < 4.78 is 5.44. The number of benzene rings is 1. The third-order valence-corrected chi connectivity index (χ3v) is 4.65. The van der Waals surface area contributed by atoms with Crippen LogP contribution < -0.4 is 10.2 Å². The highest BCUT2D eigenvalue weighted by atomic mass is 16.5. The number of nitrogens with zero attached hydrogens (tertiary/aromatic N) is 5. The zero-order valence-corrected chi connectivity index (χ0v) is 15.4. The lowest BCUT2D eigenvalue weighted by molar-refractivity contribution is 0.122. The van der Waals surface area contributed by atoms with Crippen molar-refractivity contribution in [1.82, 2.24) is 25.1 Å². The monoisotopic (exact) mass is 369 g/mol. The molecule has 9 heteroatoms. The number of hydrogen-bond acceptors (Lipinski definition) is 8. The van der Waals surface area contributed by atoms with Gasteiger partial charge in [-0.05, 0) is 32.0 Å². The van der Waals surface area contributed by atoms with Crippen LogP contribution in [-0.4, -0.2) is 56.6 Å². The highest BCUT2D eigenvalue weighted by molar-refractivity contribution is 5.91. The van der Waals surface area contributed by atoms with Crippen molar-refractivity contribution in [2.24, 2.45) is 0 Å². The molecule has 2 atom stereocenters. The first-order valence-corrected chi connectivity index (χ1v) is 9.06. The molecule has 1 aliphatic rings. The van der Waals surface area contributed by atoms with Crippen LogP contribution in [0.4, 0.5) is 11.5 Å². The molecule has 2 aromatic heterocycles. The Kier molecular flexibility index (Phi) is 4.87. The first kappa shape index (κ1) is 17.6. The van der Waals surface area contributed by atoms with Crippen molar-refractivity contribution in [2.75, 3.05) is 36.5 Å². The van der Waals surface area contributed by atoms with Crippen molar-refractivity contribution in [3.8, 4) is 0 Å². The predicted molar refractivity (Wildman–Crippen MR) is 102 cm³/mol. The normalized spacial score (nSPS) is 17.1. The van der Waals surface area contributed by atoms with Crippen molar-refractivity contribution in [3.63, 3.8) is 0 Å². The number of hydrogen-bond donors (Lipinski definition) is 3. The molecule has 2 unspecified atom stereocenters. The molecule has 1 saturated heterocycles. The molecule has 27 heavy (non-hydrogen) atoms. The first-order chi connectivity index (χ1) is 13.1. The van der Waals surface area contributed by atoms with E-state index in [4.69, 9.17) is 4.74 Å². The summed E-state index contributed by atoms with van der Waals surface area (Å²) in [5, 5.41) is 20.8. The molecule has 3 N–H and O–H groups in total. The van der Waals surface area contributed by atoms with E-state index >= 15 is 0 Å². The summed E-state index contributed by atoms with van der Waals surface area (Å²) in [6, 6.07) is 6.05. The minimum atomic E-state index is -0.710. The molecule has 1 aliphatic heterocycles. The molecule has 0 aliphatic carbocycles. The molecule has 1 aromatic carbocycles. The van der Waals surface area contributed by atoms with Gasteiger partial charge in [-0.25, -0.2) is 15.0 Å². The van der Waals surface area contributed by atoms with E-state index in [1.807, 2.05) is 13.0 Å². The van der Waals surface area contributed by atoms with Crippen molar-refractivity contribution in [2.45, 2.75) is 26.0 Å². The van der Waals surface area contributed by atoms with E-state index in [-0.39, 0.29) is 6.04 Å². The summed E-state index contributed by atoms with van der Waals surface area (Å²) >= 11 is 0. The molecular formula is C18H23N7O2. The third-order valence-electron chi connectivity index (χ3n) is 4.65. The van der Waals surface area contributed by atoms with Gasteiger partial charge in [0.15, 0.2) is 5.82 Å². The Morgan fingerprint density at radius 2 is 2.04 bits per heavy atom. The first-order valence-electron chi connectivity index (χ1n) is 9.06. The van der Waals surface area contributed by atoms with Gasteiger partial charge >= 0.3 is 0 Å². The molecule has 4 rings (SSSR count). The molecule has 0 amide bonds. The van der Waals surface area contributed by atoms with Gasteiger partial charge in [0.05, 0.1) is 24.8 Å². The number of fused-ring (bicyclic) bond motifs is 1. The van der Waals surface area contributed by atoms with E-state index in [9.17, 15) is 5.11 Å². The summed E-state index contributed by atoms with van der Waals surface area (Å²) in [4.78, 5) is 15.4. The highest BCUT2D eigenvalue weighted by Crippen LogP contribution is 2.28. The zero-order valence-electron chi connectivity index (χ0n) is 15.4. The lowest BCUT2D eigenvalue weighted by Crippen LogP contribution is -2.36. The molecule has 0 saturated carbocycles. The van der Waals surface area contributed by atoms with Gasteiger partial charge in [-0.15, -0.1) is 0 Å². The van der Waals surface area contributed by atoms with Gasteiger partial charge < -0.3 is 20.1 Å². The number of nitrogens with one attached hydrogen (secondary N) is 2. The van der Waals surface area contributed by atoms with E-state index in [1.54, 1.807) is 13.3 Å². The number of aromatic amines is 1. The summed E-state index contributed by atoms with van der Waals surface area (Å²) in [6.45, 7) is 6.82. The van der Waals surface area contributed by atoms with Crippen LogP contribution in [0, 0.1) is 0 Å². The molecule has 1 fully saturated rings. The van der Waals surface area contributed by atoms with Crippen molar-refractivity contribution in [3.05, 3.63) is 36.2 Å².